The van der Waals surface area contributed by atoms with Crippen LogP contribution in [-0.4, -0.2) is 38.3 Å². The number of nitrogens with one attached hydrogen (secondary N) is 2. The fraction of sp³-hybridized carbons (Fsp3) is 0.0526. The van der Waals surface area contributed by atoms with E-state index in [2.05, 4.69) is 26.6 Å². The van der Waals surface area contributed by atoms with Crippen molar-refractivity contribution in [1.82, 2.24) is 15.2 Å². The summed E-state index contributed by atoms with van der Waals surface area (Å²) in [5.41, 5.74) is 3.57. The summed E-state index contributed by atoms with van der Waals surface area (Å²) in [7, 11) is 0. The van der Waals surface area contributed by atoms with Gasteiger partial charge in [-0.15, -0.1) is 0 Å². The van der Waals surface area contributed by atoms with Gasteiger partial charge in [-0.25, -0.2) is 9.78 Å². The molecule has 4 rings (SSSR count). The quantitative estimate of drug-likeness (QED) is 0.438. The summed E-state index contributed by atoms with van der Waals surface area (Å²) < 4.78 is 32.8. The van der Waals surface area contributed by atoms with Gasteiger partial charge < -0.3 is 5.11 Å². The van der Waals surface area contributed by atoms with Gasteiger partial charge in [-0.1, -0.05) is 35.6 Å². The van der Waals surface area contributed by atoms with Crippen LogP contribution in [0.1, 0.15) is 10.4 Å². The Kier molecular flexibility index (Phi) is 6.11. The third-order valence-electron chi connectivity index (χ3n) is 3.72. The predicted molar refractivity (Wildman–Crippen MR) is 105 cm³/mol. The van der Waals surface area contributed by atoms with Gasteiger partial charge in [0, 0.05) is 17.3 Å². The number of fused-ring (bicyclic) bond motifs is 1. The van der Waals surface area contributed by atoms with Crippen LogP contribution in [0.15, 0.2) is 60.9 Å². The number of carboxylic acid groups (broad SMARTS) is 1. The van der Waals surface area contributed by atoms with Gasteiger partial charge >= 0.3 is 12.1 Å². The van der Waals surface area contributed by atoms with Crippen molar-refractivity contribution < 1.29 is 27.9 Å². The van der Waals surface area contributed by atoms with E-state index in [1.54, 1.807) is 18.3 Å². The van der Waals surface area contributed by atoms with E-state index >= 15 is 0 Å². The zero-order valence-corrected chi connectivity index (χ0v) is 15.8. The molecule has 0 aliphatic carbocycles. The van der Waals surface area contributed by atoms with Gasteiger partial charge in [-0.05, 0) is 29.8 Å². The molecule has 0 atom stereocenters. The third-order valence-corrected chi connectivity index (χ3v) is 4.65. The van der Waals surface area contributed by atoms with Crippen LogP contribution in [0.5, 0.6) is 0 Å². The lowest BCUT2D eigenvalue weighted by Crippen LogP contribution is -2.21. The number of halogens is 3. The number of nitrogens with zero attached hydrogens (tertiary/aromatic N) is 2. The lowest BCUT2D eigenvalue weighted by molar-refractivity contribution is -0.192. The molecule has 0 saturated heterocycles. The number of amides is 1. The Balaban J connectivity index is 0.000000318. The largest absolute Gasteiger partial charge is 0.490 e. The van der Waals surface area contributed by atoms with E-state index in [1.807, 2.05) is 36.5 Å². The number of hydrogen-bond acceptors (Lipinski definition) is 5. The molecule has 3 N–H and O–H groups in total. The molecule has 0 spiro atoms. The summed E-state index contributed by atoms with van der Waals surface area (Å²) in [4.78, 5) is 25.5. The van der Waals surface area contributed by atoms with E-state index in [0.717, 1.165) is 21.3 Å². The maximum Gasteiger partial charge on any atom is 0.490 e. The normalized spacial score (nSPS) is 10.9. The highest BCUT2D eigenvalue weighted by atomic mass is 32.1. The number of thiazole rings is 1. The van der Waals surface area contributed by atoms with Crippen molar-refractivity contribution in [2.45, 2.75) is 6.18 Å². The summed E-state index contributed by atoms with van der Waals surface area (Å²) in [6.45, 7) is 0. The smallest absolute Gasteiger partial charge is 0.475 e. The number of aromatic nitrogens is 3. The standard InChI is InChI=1S/C17H12N4OS.C2HF3O2/c22-16(11-4-2-1-3-5-11)21-17-20-14-7-6-12(8-15(14)23-17)13-9-18-19-10-13;3-2(4,5)1(6)7/h1-10H,(H,18,19)(H,20,21,22);(H,6,7). The Hall–Kier alpha value is -3.73. The second-order valence-electron chi connectivity index (χ2n) is 5.81. The average molecular weight is 434 g/mol. The Morgan fingerprint density at radius 3 is 2.37 bits per heavy atom. The number of hydrogen-bond donors (Lipinski definition) is 3. The molecule has 7 nitrogen and oxygen atoms in total. The van der Waals surface area contributed by atoms with E-state index in [4.69, 9.17) is 9.90 Å². The zero-order valence-electron chi connectivity index (χ0n) is 15.0. The van der Waals surface area contributed by atoms with Crippen molar-refractivity contribution in [2.24, 2.45) is 0 Å². The SMILES string of the molecule is O=C(Nc1nc2ccc(-c3cn[nH]c3)cc2s1)c1ccccc1.O=C(O)C(F)(F)F. The molecule has 0 radical (unpaired) electrons. The number of carbonyl (C=O) groups excluding carboxylic acids is 1. The van der Waals surface area contributed by atoms with Crippen LogP contribution in [0.4, 0.5) is 18.3 Å². The molecule has 2 heterocycles. The Morgan fingerprint density at radius 2 is 1.77 bits per heavy atom. The molecule has 0 unspecified atom stereocenters. The molecular formula is C19H13F3N4O3S. The number of rotatable bonds is 3. The van der Waals surface area contributed by atoms with Gasteiger partial charge in [-0.3, -0.25) is 15.2 Å². The first-order chi connectivity index (χ1) is 14.2. The van der Waals surface area contributed by atoms with Crippen molar-refractivity contribution in [1.29, 1.82) is 0 Å². The Morgan fingerprint density at radius 1 is 1.07 bits per heavy atom. The predicted octanol–water partition coefficient (Wildman–Crippen LogP) is 4.57. The van der Waals surface area contributed by atoms with E-state index in [0.29, 0.717) is 10.7 Å². The molecule has 1 amide bonds. The van der Waals surface area contributed by atoms with Gasteiger partial charge in [0.05, 0.1) is 16.4 Å². The number of alkyl halides is 3. The van der Waals surface area contributed by atoms with Crippen molar-refractivity contribution in [2.75, 3.05) is 5.32 Å². The lowest BCUT2D eigenvalue weighted by atomic mass is 10.1. The van der Waals surface area contributed by atoms with Gasteiger partial charge in [0.25, 0.3) is 5.91 Å². The van der Waals surface area contributed by atoms with E-state index in [1.165, 1.54) is 11.3 Å². The Labute approximate surface area is 171 Å². The third kappa shape index (κ3) is 5.20. The first kappa shape index (κ1) is 21.0. The van der Waals surface area contributed by atoms with Gasteiger partial charge in [0.1, 0.15) is 0 Å². The maximum absolute atomic E-state index is 12.2. The van der Waals surface area contributed by atoms with Gasteiger partial charge in [0.15, 0.2) is 5.13 Å². The van der Waals surface area contributed by atoms with E-state index in [9.17, 15) is 18.0 Å². The van der Waals surface area contributed by atoms with Gasteiger partial charge in [0.2, 0.25) is 0 Å². The van der Waals surface area contributed by atoms with E-state index < -0.39 is 12.1 Å². The fourth-order valence-electron chi connectivity index (χ4n) is 2.33. The highest BCUT2D eigenvalue weighted by Crippen LogP contribution is 2.30. The molecular weight excluding hydrogens is 421 g/mol. The van der Waals surface area contributed by atoms with Crippen molar-refractivity contribution >= 4 is 38.6 Å². The minimum atomic E-state index is -5.08. The van der Waals surface area contributed by atoms with E-state index in [-0.39, 0.29) is 5.91 Å². The molecule has 11 heteroatoms. The molecule has 0 aliphatic heterocycles. The number of carboxylic acids is 1. The number of carbonyl (C=O) groups is 2. The van der Waals surface area contributed by atoms with Crippen LogP contribution in [0.3, 0.4) is 0 Å². The molecule has 2 aromatic heterocycles. The van der Waals surface area contributed by atoms with Crippen LogP contribution < -0.4 is 5.32 Å². The monoisotopic (exact) mass is 434 g/mol. The van der Waals surface area contributed by atoms with Crippen molar-refractivity contribution in [3.63, 3.8) is 0 Å². The van der Waals surface area contributed by atoms with Crippen LogP contribution in [0, 0.1) is 0 Å². The average Bonchev–Trinajstić information content (AvgIpc) is 3.37. The number of anilines is 1. The van der Waals surface area contributed by atoms with Crippen molar-refractivity contribution in [3.8, 4) is 11.1 Å². The second kappa shape index (κ2) is 8.74. The van der Waals surface area contributed by atoms with Crippen LogP contribution >= 0.6 is 11.3 Å². The molecule has 2 aromatic carbocycles. The minimum absolute atomic E-state index is 0.153. The maximum atomic E-state index is 12.2. The summed E-state index contributed by atoms with van der Waals surface area (Å²) in [6, 6.07) is 15.1. The number of H-pyrrole nitrogens is 1. The summed E-state index contributed by atoms with van der Waals surface area (Å²) >= 11 is 1.46. The molecule has 30 heavy (non-hydrogen) atoms. The van der Waals surface area contributed by atoms with Gasteiger partial charge in [-0.2, -0.15) is 18.3 Å². The topological polar surface area (TPSA) is 108 Å². The molecule has 0 fully saturated rings. The molecule has 0 aliphatic rings. The Bertz CT molecular complexity index is 1160. The fourth-order valence-corrected chi connectivity index (χ4v) is 3.23. The van der Waals surface area contributed by atoms with Crippen LogP contribution in [-0.2, 0) is 4.79 Å². The lowest BCUT2D eigenvalue weighted by Gasteiger charge is -2.00. The number of benzene rings is 2. The molecule has 0 bridgehead atoms. The number of aromatic amines is 1. The summed E-state index contributed by atoms with van der Waals surface area (Å²) in [6.07, 6.45) is -1.46. The van der Waals surface area contributed by atoms with Crippen LogP contribution in [0.2, 0.25) is 0 Å². The first-order valence-corrected chi connectivity index (χ1v) is 9.12. The second-order valence-corrected chi connectivity index (χ2v) is 6.84. The molecule has 154 valence electrons. The zero-order chi connectivity index (χ0) is 21.7. The minimum Gasteiger partial charge on any atom is -0.475 e. The number of aliphatic carboxylic acids is 1. The highest BCUT2D eigenvalue weighted by molar-refractivity contribution is 7.22. The summed E-state index contributed by atoms with van der Waals surface area (Å²) in [5, 5.41) is 17.3. The van der Waals surface area contributed by atoms with Crippen LogP contribution in [0.25, 0.3) is 21.3 Å². The van der Waals surface area contributed by atoms with Crippen molar-refractivity contribution in [3.05, 3.63) is 66.5 Å². The highest BCUT2D eigenvalue weighted by Gasteiger charge is 2.38. The summed E-state index contributed by atoms with van der Waals surface area (Å²) in [5.74, 6) is -2.91. The molecule has 4 aromatic rings. The molecule has 0 saturated carbocycles. The first-order valence-electron chi connectivity index (χ1n) is 8.30.